The molecule has 1 saturated carbocycles. The first-order valence-corrected chi connectivity index (χ1v) is 12.5. The molecule has 1 aliphatic carbocycles. The highest BCUT2D eigenvalue weighted by Crippen LogP contribution is 2.33. The molecule has 0 spiro atoms. The topological polar surface area (TPSA) is 62.8 Å². The van der Waals surface area contributed by atoms with Crippen LogP contribution in [0.5, 0.6) is 5.75 Å². The van der Waals surface area contributed by atoms with Gasteiger partial charge in [0.1, 0.15) is 6.10 Å². The van der Waals surface area contributed by atoms with Crippen LogP contribution in [0, 0.1) is 5.82 Å². The van der Waals surface area contributed by atoms with E-state index in [0.717, 1.165) is 53.3 Å². The summed E-state index contributed by atoms with van der Waals surface area (Å²) < 4.78 is 20.8. The van der Waals surface area contributed by atoms with E-state index >= 15 is 0 Å². The third kappa shape index (κ3) is 5.29. The summed E-state index contributed by atoms with van der Waals surface area (Å²) in [5.74, 6) is 0.435. The number of para-hydroxylation sites is 1. The van der Waals surface area contributed by atoms with Crippen molar-refractivity contribution in [2.75, 3.05) is 5.32 Å². The van der Waals surface area contributed by atoms with E-state index in [9.17, 15) is 4.39 Å². The number of benzene rings is 2. The lowest BCUT2D eigenvalue weighted by molar-refractivity contribution is 0.142. The Hall–Kier alpha value is -3.64. The Balaban J connectivity index is 1.27. The van der Waals surface area contributed by atoms with Gasteiger partial charge in [-0.05, 0) is 49.4 Å². The maximum Gasteiger partial charge on any atom is 0.223 e. The smallest absolute Gasteiger partial charge is 0.223 e. The molecule has 0 unspecified atom stereocenters. The van der Waals surface area contributed by atoms with Gasteiger partial charge in [-0.2, -0.15) is 0 Å². The van der Waals surface area contributed by atoms with Gasteiger partial charge in [-0.25, -0.2) is 14.4 Å². The van der Waals surface area contributed by atoms with Gasteiger partial charge in [-0.3, -0.25) is 0 Å². The fourth-order valence-corrected chi connectivity index (χ4v) is 4.92. The van der Waals surface area contributed by atoms with Crippen molar-refractivity contribution >= 4 is 28.5 Å². The first kappa shape index (κ1) is 24.1. The molecule has 36 heavy (non-hydrogen) atoms. The number of H-pyrrole nitrogens is 1. The zero-order chi connectivity index (χ0) is 25.1. The van der Waals surface area contributed by atoms with Crippen molar-refractivity contribution < 1.29 is 9.13 Å². The van der Waals surface area contributed by atoms with Crippen LogP contribution >= 0.6 is 11.6 Å². The van der Waals surface area contributed by atoms with E-state index in [-0.39, 0.29) is 23.7 Å². The lowest BCUT2D eigenvalue weighted by atomic mass is 9.93. The van der Waals surface area contributed by atoms with Crippen LogP contribution in [0.2, 0.25) is 5.02 Å². The Bertz CT molecular complexity index is 1420. The molecular weight excluding hydrogens is 475 g/mol. The summed E-state index contributed by atoms with van der Waals surface area (Å²) in [5.41, 5.74) is 4.33. The Morgan fingerprint density at radius 1 is 1.25 bits per heavy atom. The summed E-state index contributed by atoms with van der Waals surface area (Å²) in [6.45, 7) is 7.60. The van der Waals surface area contributed by atoms with Gasteiger partial charge in [0.05, 0.1) is 16.9 Å². The minimum absolute atomic E-state index is 0.0971. The summed E-state index contributed by atoms with van der Waals surface area (Å²) in [6.07, 6.45) is 9.22. The van der Waals surface area contributed by atoms with Gasteiger partial charge in [0.15, 0.2) is 11.6 Å². The lowest BCUT2D eigenvalue weighted by Crippen LogP contribution is -2.33. The monoisotopic (exact) mass is 502 g/mol. The van der Waals surface area contributed by atoms with Crippen LogP contribution < -0.4 is 10.1 Å². The Morgan fingerprint density at radius 2 is 2.11 bits per heavy atom. The normalized spacial score (nSPS) is 17.6. The van der Waals surface area contributed by atoms with Crippen molar-refractivity contribution in [2.45, 2.75) is 44.2 Å². The summed E-state index contributed by atoms with van der Waals surface area (Å²) in [4.78, 5) is 12.4. The highest BCUT2D eigenvalue weighted by Gasteiger charge is 2.25. The number of halogens is 2. The summed E-state index contributed by atoms with van der Waals surface area (Å²) >= 11 is 6.47. The van der Waals surface area contributed by atoms with E-state index in [1.807, 2.05) is 36.5 Å². The predicted molar refractivity (Wildman–Crippen MR) is 144 cm³/mol. The molecule has 1 aliphatic rings. The van der Waals surface area contributed by atoms with E-state index in [0.29, 0.717) is 23.1 Å². The van der Waals surface area contributed by atoms with Crippen LogP contribution in [-0.4, -0.2) is 27.1 Å². The average Bonchev–Trinajstić information content (AvgIpc) is 3.31. The number of hydrogen-bond acceptors (Lipinski definition) is 4. The molecule has 0 amide bonds. The summed E-state index contributed by atoms with van der Waals surface area (Å²) in [5, 5.41) is 4.99. The molecule has 5 rings (SSSR count). The summed E-state index contributed by atoms with van der Waals surface area (Å²) in [7, 11) is 0. The second-order valence-electron chi connectivity index (χ2n) is 9.19. The van der Waals surface area contributed by atoms with Crippen LogP contribution in [0.15, 0.2) is 79.7 Å². The fourth-order valence-electron chi connectivity index (χ4n) is 4.72. The molecule has 0 bridgehead atoms. The molecule has 5 nitrogen and oxygen atoms in total. The van der Waals surface area contributed by atoms with Gasteiger partial charge in [0.25, 0.3) is 0 Å². The number of anilines is 1. The number of rotatable bonds is 8. The zero-order valence-corrected chi connectivity index (χ0v) is 20.7. The maximum absolute atomic E-state index is 14.7. The second-order valence-corrected chi connectivity index (χ2v) is 9.60. The van der Waals surface area contributed by atoms with Crippen molar-refractivity contribution in [1.82, 2.24) is 15.0 Å². The molecule has 2 heterocycles. The van der Waals surface area contributed by atoms with Crippen LogP contribution in [0.4, 0.5) is 10.3 Å². The highest BCUT2D eigenvalue weighted by molar-refractivity contribution is 6.33. The molecule has 1 fully saturated rings. The second kappa shape index (κ2) is 10.5. The fraction of sp³-hybridized carbons (Fsp3) is 0.241. The molecule has 0 radical (unpaired) electrons. The maximum atomic E-state index is 14.7. The van der Waals surface area contributed by atoms with Crippen LogP contribution in [-0.2, 0) is 6.42 Å². The molecule has 7 heteroatoms. The Kier molecular flexibility index (Phi) is 7.05. The molecular formula is C29H28ClFN4O. The quantitative estimate of drug-likeness (QED) is 0.245. The number of fused-ring (bicyclic) bond motifs is 1. The predicted octanol–water partition coefficient (Wildman–Crippen LogP) is 7.50. The van der Waals surface area contributed by atoms with Gasteiger partial charge in [-0.15, -0.1) is 0 Å². The van der Waals surface area contributed by atoms with Crippen LogP contribution in [0.3, 0.4) is 0 Å². The largest absolute Gasteiger partial charge is 0.487 e. The first-order chi connectivity index (χ1) is 17.5. The number of allylic oxidation sites excluding steroid dienone is 2. The van der Waals surface area contributed by atoms with Crippen molar-refractivity contribution in [1.29, 1.82) is 0 Å². The zero-order valence-electron chi connectivity index (χ0n) is 19.9. The highest BCUT2D eigenvalue weighted by atomic mass is 35.5. The third-order valence-electron chi connectivity index (χ3n) is 6.56. The van der Waals surface area contributed by atoms with Crippen molar-refractivity contribution in [3.05, 3.63) is 96.1 Å². The van der Waals surface area contributed by atoms with E-state index in [4.69, 9.17) is 21.3 Å². The van der Waals surface area contributed by atoms with Crippen molar-refractivity contribution in [3.63, 3.8) is 0 Å². The van der Waals surface area contributed by atoms with E-state index in [1.165, 1.54) is 6.07 Å². The van der Waals surface area contributed by atoms with Gasteiger partial charge in [0, 0.05) is 35.1 Å². The molecule has 2 N–H and O–H groups in total. The number of aromatic amines is 1. The third-order valence-corrected chi connectivity index (χ3v) is 6.83. The number of ether oxygens (including phenoxy) is 1. The Morgan fingerprint density at radius 3 is 2.94 bits per heavy atom. The van der Waals surface area contributed by atoms with Gasteiger partial charge in [-0.1, -0.05) is 60.7 Å². The number of aromatic nitrogens is 3. The van der Waals surface area contributed by atoms with E-state index in [1.54, 1.807) is 18.3 Å². The molecule has 0 saturated heterocycles. The van der Waals surface area contributed by atoms with Gasteiger partial charge in [0.2, 0.25) is 5.95 Å². The molecule has 2 aromatic carbocycles. The minimum atomic E-state index is -0.358. The van der Waals surface area contributed by atoms with Crippen LogP contribution in [0.25, 0.3) is 22.2 Å². The van der Waals surface area contributed by atoms with E-state index < -0.39 is 0 Å². The standard InChI is InChI=1S/C29H28ClFN4O/c1-3-18(2)13-19-11-12-27(25(31)14-19)36-21-8-6-7-20(15-21)34-29-33-17-24(30)28(35-29)23-16-32-26-10-5-4-9-22(23)26/h3-5,9-12,14,16-17,20-21,32H,1-2,6-8,13,15H2,(H,33,34,35)/t20-,21-/m1/s1. The van der Waals surface area contributed by atoms with Crippen molar-refractivity contribution in [2.24, 2.45) is 0 Å². The van der Waals surface area contributed by atoms with E-state index in [2.05, 4.69) is 28.4 Å². The first-order valence-electron chi connectivity index (χ1n) is 12.1. The van der Waals surface area contributed by atoms with Crippen LogP contribution in [0.1, 0.15) is 31.2 Å². The average molecular weight is 503 g/mol. The van der Waals surface area contributed by atoms with Gasteiger partial charge < -0.3 is 15.0 Å². The number of hydrogen-bond donors (Lipinski definition) is 2. The number of nitrogens with one attached hydrogen (secondary N) is 2. The SMILES string of the molecule is C=CC(=C)Cc1ccc(O[C@@H]2CCC[C@@H](Nc3ncc(Cl)c(-c4c[nH]c5ccccc45)n3)C2)c(F)c1. The van der Waals surface area contributed by atoms with Gasteiger partial charge >= 0.3 is 0 Å². The number of nitrogens with zero attached hydrogens (tertiary/aromatic N) is 2. The molecule has 2 aromatic heterocycles. The molecule has 2 atom stereocenters. The molecule has 4 aromatic rings. The van der Waals surface area contributed by atoms with Crippen molar-refractivity contribution in [3.8, 4) is 17.0 Å². The minimum Gasteiger partial charge on any atom is -0.487 e. The Labute approximate surface area is 215 Å². The lowest BCUT2D eigenvalue weighted by Gasteiger charge is -2.30. The summed E-state index contributed by atoms with van der Waals surface area (Å²) in [6, 6.07) is 13.2. The molecule has 0 aliphatic heterocycles. The molecule has 184 valence electrons.